The second-order valence-corrected chi connectivity index (χ2v) is 6.15. The van der Waals surface area contributed by atoms with Crippen molar-refractivity contribution in [2.75, 3.05) is 5.32 Å². The molecule has 1 heterocycles. The molecule has 0 bridgehead atoms. The van der Waals surface area contributed by atoms with E-state index >= 15 is 0 Å². The predicted molar refractivity (Wildman–Crippen MR) is 83.5 cm³/mol. The molecule has 0 atom stereocenters. The zero-order chi connectivity index (χ0) is 14.0. The summed E-state index contributed by atoms with van der Waals surface area (Å²) in [5.74, 6) is 0.447. The Labute approximate surface area is 123 Å². The first-order valence-electron chi connectivity index (χ1n) is 6.49. The van der Waals surface area contributed by atoms with Gasteiger partial charge in [0.15, 0.2) is 0 Å². The molecule has 0 saturated carbocycles. The fourth-order valence-electron chi connectivity index (χ4n) is 2.21. The smallest absolute Gasteiger partial charge is 0.0699 e. The van der Waals surface area contributed by atoms with Gasteiger partial charge < -0.3 is 5.32 Å². The molecule has 2 rings (SSSR count). The van der Waals surface area contributed by atoms with E-state index in [4.69, 9.17) is 0 Å². The minimum absolute atomic E-state index is 0.447. The van der Waals surface area contributed by atoms with Crippen LogP contribution in [-0.2, 0) is 13.6 Å². The van der Waals surface area contributed by atoms with Gasteiger partial charge in [0, 0.05) is 35.5 Å². The van der Waals surface area contributed by atoms with E-state index in [-0.39, 0.29) is 0 Å². The maximum absolute atomic E-state index is 4.52. The van der Waals surface area contributed by atoms with Gasteiger partial charge >= 0.3 is 0 Å². The zero-order valence-corrected chi connectivity index (χ0v) is 13.5. The van der Waals surface area contributed by atoms with E-state index in [1.165, 1.54) is 16.8 Å². The number of aromatic nitrogens is 2. The first-order valence-corrected chi connectivity index (χ1v) is 7.28. The van der Waals surface area contributed by atoms with E-state index in [9.17, 15) is 0 Å². The molecule has 102 valence electrons. The van der Waals surface area contributed by atoms with Crippen molar-refractivity contribution in [3.63, 3.8) is 0 Å². The summed E-state index contributed by atoms with van der Waals surface area (Å²) >= 11 is 3.52. The van der Waals surface area contributed by atoms with E-state index in [0.717, 1.165) is 16.7 Å². The van der Waals surface area contributed by atoms with Crippen LogP contribution in [0.1, 0.15) is 36.6 Å². The molecule has 0 aliphatic heterocycles. The third-order valence-electron chi connectivity index (χ3n) is 3.01. The van der Waals surface area contributed by atoms with Crippen LogP contribution in [0, 0.1) is 6.92 Å². The molecule has 0 amide bonds. The van der Waals surface area contributed by atoms with Gasteiger partial charge in [-0.05, 0) is 36.6 Å². The summed E-state index contributed by atoms with van der Waals surface area (Å²) in [5.41, 5.74) is 4.80. The summed E-state index contributed by atoms with van der Waals surface area (Å²) in [5, 5.41) is 7.99. The number of halogens is 1. The average Bonchev–Trinajstić information content (AvgIpc) is 2.67. The van der Waals surface area contributed by atoms with E-state index in [2.05, 4.69) is 71.5 Å². The number of rotatable bonds is 4. The summed E-state index contributed by atoms with van der Waals surface area (Å²) in [6, 6.07) is 6.35. The van der Waals surface area contributed by atoms with Crippen LogP contribution in [-0.4, -0.2) is 9.78 Å². The molecule has 0 aliphatic carbocycles. The van der Waals surface area contributed by atoms with Gasteiger partial charge in [0.05, 0.1) is 5.69 Å². The highest BCUT2D eigenvalue weighted by atomic mass is 79.9. The topological polar surface area (TPSA) is 29.9 Å². The van der Waals surface area contributed by atoms with Gasteiger partial charge in [0.25, 0.3) is 0 Å². The van der Waals surface area contributed by atoms with Crippen molar-refractivity contribution in [3.8, 4) is 0 Å². The monoisotopic (exact) mass is 321 g/mol. The molecular weight excluding hydrogens is 302 g/mol. The molecule has 0 spiro atoms. The molecule has 2 aromatic rings. The fourth-order valence-corrected chi connectivity index (χ4v) is 2.82. The normalized spacial score (nSPS) is 11.1. The van der Waals surface area contributed by atoms with Crippen LogP contribution in [0.3, 0.4) is 0 Å². The number of nitrogens with one attached hydrogen (secondary N) is 1. The summed E-state index contributed by atoms with van der Waals surface area (Å²) in [7, 11) is 1.97. The van der Waals surface area contributed by atoms with E-state index in [0.29, 0.717) is 5.92 Å². The maximum atomic E-state index is 4.52. The van der Waals surface area contributed by atoms with Crippen molar-refractivity contribution in [2.45, 2.75) is 33.2 Å². The summed E-state index contributed by atoms with van der Waals surface area (Å²) in [6.07, 6.45) is 2.09. The molecule has 0 radical (unpaired) electrons. The highest BCUT2D eigenvalue weighted by Crippen LogP contribution is 2.22. The Morgan fingerprint density at radius 2 is 2.05 bits per heavy atom. The van der Waals surface area contributed by atoms with Crippen LogP contribution in [0.15, 0.2) is 28.9 Å². The van der Waals surface area contributed by atoms with Gasteiger partial charge in [-0.25, -0.2) is 0 Å². The third-order valence-corrected chi connectivity index (χ3v) is 3.47. The summed E-state index contributed by atoms with van der Waals surface area (Å²) in [4.78, 5) is 0. The summed E-state index contributed by atoms with van der Waals surface area (Å²) in [6.45, 7) is 7.25. The number of hydrogen-bond donors (Lipinski definition) is 1. The standard InChI is InChI=1S/C15H20BrN3/c1-10(2)15-12(9-19(4)18-15)8-17-14-6-11(3)5-13(16)7-14/h5-7,9-10,17H,8H2,1-4H3. The van der Waals surface area contributed by atoms with Crippen molar-refractivity contribution in [2.24, 2.45) is 7.05 Å². The zero-order valence-electron chi connectivity index (χ0n) is 11.9. The van der Waals surface area contributed by atoms with Gasteiger partial charge in [-0.2, -0.15) is 5.10 Å². The van der Waals surface area contributed by atoms with Gasteiger partial charge in [0.2, 0.25) is 0 Å². The minimum Gasteiger partial charge on any atom is -0.381 e. The number of nitrogens with zero attached hydrogens (tertiary/aromatic N) is 2. The van der Waals surface area contributed by atoms with Crippen molar-refractivity contribution in [1.82, 2.24) is 9.78 Å². The Kier molecular flexibility index (Phi) is 4.30. The van der Waals surface area contributed by atoms with Gasteiger partial charge in [0.1, 0.15) is 0 Å². The SMILES string of the molecule is Cc1cc(Br)cc(NCc2cn(C)nc2C(C)C)c1. The van der Waals surface area contributed by atoms with E-state index < -0.39 is 0 Å². The Morgan fingerprint density at radius 3 is 2.68 bits per heavy atom. The number of anilines is 1. The Balaban J connectivity index is 2.14. The minimum atomic E-state index is 0.447. The summed E-state index contributed by atoms with van der Waals surface area (Å²) < 4.78 is 2.99. The van der Waals surface area contributed by atoms with Gasteiger partial charge in [-0.1, -0.05) is 29.8 Å². The lowest BCUT2D eigenvalue weighted by Gasteiger charge is -2.09. The Hall–Kier alpha value is -1.29. The van der Waals surface area contributed by atoms with Crippen LogP contribution in [0.2, 0.25) is 0 Å². The predicted octanol–water partition coefficient (Wildman–Crippen LogP) is 4.23. The molecule has 1 N–H and O–H groups in total. The van der Waals surface area contributed by atoms with Crippen molar-refractivity contribution >= 4 is 21.6 Å². The van der Waals surface area contributed by atoms with Crippen LogP contribution >= 0.6 is 15.9 Å². The fraction of sp³-hybridized carbons (Fsp3) is 0.400. The second kappa shape index (κ2) is 5.78. The lowest BCUT2D eigenvalue weighted by atomic mass is 10.1. The maximum Gasteiger partial charge on any atom is 0.0699 e. The van der Waals surface area contributed by atoms with Crippen LogP contribution in [0.5, 0.6) is 0 Å². The molecule has 3 nitrogen and oxygen atoms in total. The largest absolute Gasteiger partial charge is 0.381 e. The lowest BCUT2D eigenvalue weighted by Crippen LogP contribution is -2.02. The highest BCUT2D eigenvalue weighted by molar-refractivity contribution is 9.10. The van der Waals surface area contributed by atoms with Crippen molar-refractivity contribution in [3.05, 3.63) is 45.7 Å². The quantitative estimate of drug-likeness (QED) is 0.913. The van der Waals surface area contributed by atoms with Gasteiger partial charge in [-0.3, -0.25) is 4.68 Å². The van der Waals surface area contributed by atoms with Crippen molar-refractivity contribution in [1.29, 1.82) is 0 Å². The molecule has 1 aromatic heterocycles. The molecule has 0 saturated heterocycles. The number of hydrogen-bond acceptors (Lipinski definition) is 2. The molecule has 1 aromatic carbocycles. The third kappa shape index (κ3) is 3.60. The molecule has 4 heteroatoms. The Bertz CT molecular complexity index is 553. The average molecular weight is 322 g/mol. The van der Waals surface area contributed by atoms with Gasteiger partial charge in [-0.15, -0.1) is 0 Å². The van der Waals surface area contributed by atoms with Crippen LogP contribution < -0.4 is 5.32 Å². The molecule has 0 aliphatic rings. The van der Waals surface area contributed by atoms with Crippen LogP contribution in [0.4, 0.5) is 5.69 Å². The highest BCUT2D eigenvalue weighted by Gasteiger charge is 2.11. The first-order chi connectivity index (χ1) is 8.95. The number of benzene rings is 1. The molecule has 0 unspecified atom stereocenters. The molecule has 19 heavy (non-hydrogen) atoms. The second-order valence-electron chi connectivity index (χ2n) is 5.24. The van der Waals surface area contributed by atoms with E-state index in [1.54, 1.807) is 0 Å². The molecule has 0 fully saturated rings. The van der Waals surface area contributed by atoms with E-state index in [1.807, 2.05) is 11.7 Å². The first kappa shape index (κ1) is 14.1. The Morgan fingerprint density at radius 1 is 1.32 bits per heavy atom. The molecular formula is C15H20BrN3. The lowest BCUT2D eigenvalue weighted by molar-refractivity contribution is 0.712. The number of aryl methyl sites for hydroxylation is 2. The van der Waals surface area contributed by atoms with Crippen molar-refractivity contribution < 1.29 is 0 Å². The van der Waals surface area contributed by atoms with Crippen LogP contribution in [0.25, 0.3) is 0 Å².